The van der Waals surface area contributed by atoms with Crippen LogP contribution in [0.1, 0.15) is 12.8 Å². The van der Waals surface area contributed by atoms with E-state index in [0.29, 0.717) is 25.5 Å². The highest BCUT2D eigenvalue weighted by Crippen LogP contribution is 2.09. The van der Waals surface area contributed by atoms with Gasteiger partial charge in [-0.05, 0) is 25.0 Å². The van der Waals surface area contributed by atoms with Crippen molar-refractivity contribution in [1.82, 2.24) is 5.32 Å². The normalized spacial score (nSPS) is 13.8. The number of hydrogen-bond donors (Lipinski definition) is 2. The summed E-state index contributed by atoms with van der Waals surface area (Å²) in [5.41, 5.74) is 0. The molecule has 0 spiro atoms. The molecule has 0 aliphatic rings. The number of allylic oxidation sites excluding steroid dienone is 1. The monoisotopic (exact) mass is 182 g/mol. The smallest absolute Gasteiger partial charge is 0.207 e. The Morgan fingerprint density at radius 2 is 2.15 bits per heavy atom. The minimum absolute atomic E-state index is 0.0696. The number of rotatable bonds is 8. The maximum atomic E-state index is 10.4. The lowest BCUT2D eigenvalue weighted by atomic mass is 9.98. The van der Waals surface area contributed by atoms with E-state index in [9.17, 15) is 9.59 Å². The van der Waals surface area contributed by atoms with E-state index in [-0.39, 0.29) is 5.92 Å². The summed E-state index contributed by atoms with van der Waals surface area (Å²) < 4.78 is 0. The number of nitrogens with one attached hydrogen (secondary N) is 2. The van der Waals surface area contributed by atoms with Crippen LogP contribution < -0.4 is 5.32 Å². The molecule has 0 aromatic carbocycles. The Labute approximate surface area is 77.5 Å². The Morgan fingerprint density at radius 3 is 2.54 bits per heavy atom. The van der Waals surface area contributed by atoms with Crippen LogP contribution >= 0.6 is 0 Å². The van der Waals surface area contributed by atoms with Crippen molar-refractivity contribution in [1.29, 1.82) is 5.41 Å². The summed E-state index contributed by atoms with van der Waals surface area (Å²) in [7, 11) is 0. The third-order valence-corrected chi connectivity index (χ3v) is 1.76. The Hall–Kier alpha value is -1.45. The highest BCUT2D eigenvalue weighted by Gasteiger charge is 2.11. The van der Waals surface area contributed by atoms with Crippen molar-refractivity contribution < 1.29 is 9.59 Å². The molecule has 2 atom stereocenters. The molecule has 4 heteroatoms. The largest absolute Gasteiger partial charge is 0.349 e. The molecule has 72 valence electrons. The Bertz CT molecular complexity index is 172. The van der Waals surface area contributed by atoms with Gasteiger partial charge in [0.2, 0.25) is 6.41 Å². The zero-order valence-corrected chi connectivity index (χ0v) is 7.40. The van der Waals surface area contributed by atoms with Gasteiger partial charge >= 0.3 is 0 Å². The molecular formula is C9H14N2O2. The summed E-state index contributed by atoms with van der Waals surface area (Å²) in [5.74, 6) is 0.0696. The average molecular weight is 182 g/mol. The van der Waals surface area contributed by atoms with Crippen molar-refractivity contribution in [2.45, 2.75) is 18.9 Å². The van der Waals surface area contributed by atoms with Crippen LogP contribution in [0.5, 0.6) is 0 Å². The van der Waals surface area contributed by atoms with Gasteiger partial charge in [0.1, 0.15) is 6.29 Å². The molecule has 1 amide bonds. The van der Waals surface area contributed by atoms with Crippen molar-refractivity contribution in [2.75, 3.05) is 0 Å². The molecule has 1 unspecified atom stereocenters. The maximum Gasteiger partial charge on any atom is 0.207 e. The topological polar surface area (TPSA) is 70.0 Å². The van der Waals surface area contributed by atoms with E-state index in [1.54, 1.807) is 6.08 Å². The number of amides is 1. The SMILES string of the molecule is C=CC(CC=N)C[C@@H](C=O)NC=O. The predicted octanol–water partition coefficient (Wildman–Crippen LogP) is 0.532. The van der Waals surface area contributed by atoms with Gasteiger partial charge in [-0.3, -0.25) is 4.79 Å². The van der Waals surface area contributed by atoms with Gasteiger partial charge < -0.3 is 15.5 Å². The Balaban J connectivity index is 4.00. The molecule has 0 saturated heterocycles. The molecule has 0 bridgehead atoms. The van der Waals surface area contributed by atoms with Crippen LogP contribution in [0.25, 0.3) is 0 Å². The summed E-state index contributed by atoms with van der Waals surface area (Å²) in [5, 5.41) is 9.27. The van der Waals surface area contributed by atoms with Crippen molar-refractivity contribution in [3.8, 4) is 0 Å². The van der Waals surface area contributed by atoms with Gasteiger partial charge in [0.25, 0.3) is 0 Å². The molecule has 0 rings (SSSR count). The number of carbonyl (C=O) groups is 2. The van der Waals surface area contributed by atoms with Crippen LogP contribution in [-0.4, -0.2) is 25.0 Å². The molecule has 0 radical (unpaired) electrons. The highest BCUT2D eigenvalue weighted by atomic mass is 16.1. The fourth-order valence-electron chi connectivity index (χ4n) is 1.02. The van der Waals surface area contributed by atoms with Gasteiger partial charge in [-0.2, -0.15) is 0 Å². The first kappa shape index (κ1) is 11.6. The van der Waals surface area contributed by atoms with E-state index >= 15 is 0 Å². The van der Waals surface area contributed by atoms with Crippen molar-refractivity contribution in [3.63, 3.8) is 0 Å². The lowest BCUT2D eigenvalue weighted by Gasteiger charge is -2.13. The predicted molar refractivity (Wildman–Crippen MR) is 50.8 cm³/mol. The van der Waals surface area contributed by atoms with Gasteiger partial charge in [0, 0.05) is 0 Å². The van der Waals surface area contributed by atoms with Gasteiger partial charge in [-0.15, -0.1) is 6.58 Å². The highest BCUT2D eigenvalue weighted by molar-refractivity contribution is 5.63. The number of carbonyl (C=O) groups excluding carboxylic acids is 2. The first-order chi connectivity index (χ1) is 6.28. The maximum absolute atomic E-state index is 10.4. The fraction of sp³-hybridized carbons (Fsp3) is 0.444. The molecule has 0 aliphatic heterocycles. The minimum atomic E-state index is -0.472. The average Bonchev–Trinajstić information content (AvgIpc) is 2.16. The van der Waals surface area contributed by atoms with Gasteiger partial charge in [0.05, 0.1) is 6.04 Å². The van der Waals surface area contributed by atoms with Crippen LogP contribution in [0.15, 0.2) is 12.7 Å². The van der Waals surface area contributed by atoms with E-state index in [1.165, 1.54) is 6.21 Å². The van der Waals surface area contributed by atoms with Gasteiger partial charge in [-0.1, -0.05) is 6.08 Å². The molecule has 4 nitrogen and oxygen atoms in total. The van der Waals surface area contributed by atoms with E-state index in [4.69, 9.17) is 5.41 Å². The summed E-state index contributed by atoms with van der Waals surface area (Å²) in [6.07, 6.45) is 5.21. The molecule has 0 aromatic heterocycles. The van der Waals surface area contributed by atoms with Crippen molar-refractivity contribution in [2.24, 2.45) is 5.92 Å². The zero-order valence-electron chi connectivity index (χ0n) is 7.40. The number of aldehydes is 1. The molecule has 13 heavy (non-hydrogen) atoms. The first-order valence-electron chi connectivity index (χ1n) is 4.05. The second kappa shape index (κ2) is 7.21. The molecular weight excluding hydrogens is 168 g/mol. The third-order valence-electron chi connectivity index (χ3n) is 1.76. The quantitative estimate of drug-likeness (QED) is 0.326. The standard InChI is InChI=1S/C9H14N2O2/c1-2-8(3-4-10)5-9(6-12)11-7-13/h2,4,6-10H,1,3,5H2,(H,11,13)/t8?,9-/m0/s1. The van der Waals surface area contributed by atoms with Crippen molar-refractivity contribution >= 4 is 18.9 Å². The first-order valence-corrected chi connectivity index (χ1v) is 4.05. The molecule has 0 heterocycles. The molecule has 2 N–H and O–H groups in total. The van der Waals surface area contributed by atoms with Gasteiger partial charge in [-0.25, -0.2) is 0 Å². The molecule has 0 aromatic rings. The van der Waals surface area contributed by atoms with Crippen LogP contribution in [0.4, 0.5) is 0 Å². The number of hydrogen-bond acceptors (Lipinski definition) is 3. The summed E-state index contributed by atoms with van der Waals surface area (Å²) in [6, 6.07) is -0.472. The van der Waals surface area contributed by atoms with E-state index in [0.717, 1.165) is 0 Å². The summed E-state index contributed by atoms with van der Waals surface area (Å²) in [6.45, 7) is 3.59. The van der Waals surface area contributed by atoms with Gasteiger partial charge in [0.15, 0.2) is 0 Å². The van der Waals surface area contributed by atoms with Crippen molar-refractivity contribution in [3.05, 3.63) is 12.7 Å². The lowest BCUT2D eigenvalue weighted by molar-refractivity contribution is -0.115. The van der Waals surface area contributed by atoms with Crippen LogP contribution in [0.2, 0.25) is 0 Å². The summed E-state index contributed by atoms with van der Waals surface area (Å²) in [4.78, 5) is 20.5. The van der Waals surface area contributed by atoms with E-state index in [1.807, 2.05) is 0 Å². The Morgan fingerprint density at radius 1 is 1.46 bits per heavy atom. The molecule has 0 saturated carbocycles. The van der Waals surface area contributed by atoms with E-state index < -0.39 is 6.04 Å². The van der Waals surface area contributed by atoms with Crippen LogP contribution in [0, 0.1) is 11.3 Å². The second-order valence-electron chi connectivity index (χ2n) is 2.70. The molecule has 0 aliphatic carbocycles. The second-order valence-corrected chi connectivity index (χ2v) is 2.70. The van der Waals surface area contributed by atoms with E-state index in [2.05, 4.69) is 11.9 Å². The summed E-state index contributed by atoms with van der Waals surface area (Å²) >= 11 is 0. The van der Waals surface area contributed by atoms with Crippen LogP contribution in [0.3, 0.4) is 0 Å². The third kappa shape index (κ3) is 4.90. The fourth-order valence-corrected chi connectivity index (χ4v) is 1.02. The van der Waals surface area contributed by atoms with Crippen LogP contribution in [-0.2, 0) is 9.59 Å². The lowest BCUT2D eigenvalue weighted by Crippen LogP contribution is -2.31. The minimum Gasteiger partial charge on any atom is -0.349 e. The Kier molecular flexibility index (Phi) is 6.41. The molecule has 0 fully saturated rings. The zero-order chi connectivity index (χ0) is 10.1.